The fraction of sp³-hybridized carbons (Fsp3) is 0.133. The maximum absolute atomic E-state index is 11.9. The highest BCUT2D eigenvalue weighted by Gasteiger charge is 2.07. The van der Waals surface area contributed by atoms with Crippen molar-refractivity contribution in [3.63, 3.8) is 0 Å². The first-order valence-corrected chi connectivity index (χ1v) is 6.72. The van der Waals surface area contributed by atoms with E-state index in [9.17, 15) is 4.79 Å². The number of para-hydroxylation sites is 1. The van der Waals surface area contributed by atoms with Crippen molar-refractivity contribution >= 4 is 28.4 Å². The molecular formula is C15H13IO2. The van der Waals surface area contributed by atoms with Crippen LogP contribution in [0.25, 0.3) is 0 Å². The van der Waals surface area contributed by atoms with E-state index in [0.29, 0.717) is 5.56 Å². The van der Waals surface area contributed by atoms with Gasteiger partial charge in [-0.3, -0.25) is 4.79 Å². The molecule has 0 radical (unpaired) electrons. The number of Topliss-reactive ketones (excluding diaryl/α,β-unsaturated/α-hetero) is 1. The van der Waals surface area contributed by atoms with Gasteiger partial charge >= 0.3 is 0 Å². The molecular weight excluding hydrogens is 339 g/mol. The van der Waals surface area contributed by atoms with E-state index in [2.05, 4.69) is 22.6 Å². The van der Waals surface area contributed by atoms with Gasteiger partial charge in [-0.25, -0.2) is 0 Å². The Hall–Kier alpha value is -1.36. The first-order valence-electron chi connectivity index (χ1n) is 5.64. The van der Waals surface area contributed by atoms with Gasteiger partial charge in [0, 0.05) is 5.56 Å². The summed E-state index contributed by atoms with van der Waals surface area (Å²) in [6, 6.07) is 15.2. The lowest BCUT2D eigenvalue weighted by atomic mass is 10.1. The summed E-state index contributed by atoms with van der Waals surface area (Å²) in [6.07, 6.45) is 0. The number of halogens is 1. The molecule has 0 fully saturated rings. The molecule has 0 bridgehead atoms. The third-order valence-corrected chi connectivity index (χ3v) is 3.46. The van der Waals surface area contributed by atoms with Crippen LogP contribution in [0.15, 0.2) is 48.5 Å². The second-order valence-electron chi connectivity index (χ2n) is 4.01. The summed E-state index contributed by atoms with van der Waals surface area (Å²) in [5.74, 6) is 0.744. The number of hydrogen-bond acceptors (Lipinski definition) is 2. The summed E-state index contributed by atoms with van der Waals surface area (Å²) < 4.78 is 6.53. The Morgan fingerprint density at radius 3 is 2.44 bits per heavy atom. The van der Waals surface area contributed by atoms with Crippen molar-refractivity contribution in [2.45, 2.75) is 6.92 Å². The average Bonchev–Trinajstić information content (AvgIpc) is 2.38. The Kier molecular flexibility index (Phi) is 4.36. The van der Waals surface area contributed by atoms with Crippen LogP contribution in [0.3, 0.4) is 0 Å². The number of ether oxygens (including phenoxy) is 1. The lowest BCUT2D eigenvalue weighted by molar-refractivity contribution is 0.0921. The lowest BCUT2D eigenvalue weighted by Gasteiger charge is -2.07. The lowest BCUT2D eigenvalue weighted by Crippen LogP contribution is -2.12. The molecule has 0 unspecified atom stereocenters. The highest BCUT2D eigenvalue weighted by Crippen LogP contribution is 2.19. The summed E-state index contributed by atoms with van der Waals surface area (Å²) in [7, 11) is 0. The number of benzene rings is 2. The Morgan fingerprint density at radius 2 is 1.78 bits per heavy atom. The Labute approximate surface area is 120 Å². The molecule has 3 heteroatoms. The Balaban J connectivity index is 2.01. The predicted molar refractivity (Wildman–Crippen MR) is 80.2 cm³/mol. The summed E-state index contributed by atoms with van der Waals surface area (Å²) in [5, 5.41) is 0. The smallest absolute Gasteiger partial charge is 0.200 e. The number of carbonyl (C=O) groups excluding carboxylic acids is 1. The number of aryl methyl sites for hydroxylation is 1. The molecule has 0 atom stereocenters. The van der Waals surface area contributed by atoms with Crippen LogP contribution in [0.2, 0.25) is 0 Å². The van der Waals surface area contributed by atoms with Gasteiger partial charge in [-0.15, -0.1) is 0 Å². The summed E-state index contributed by atoms with van der Waals surface area (Å²) >= 11 is 2.19. The van der Waals surface area contributed by atoms with E-state index in [4.69, 9.17) is 4.74 Å². The van der Waals surface area contributed by atoms with Gasteiger partial charge in [0.25, 0.3) is 0 Å². The van der Waals surface area contributed by atoms with E-state index in [0.717, 1.165) is 14.9 Å². The largest absolute Gasteiger partial charge is 0.484 e. The van der Waals surface area contributed by atoms with E-state index in [1.165, 1.54) is 0 Å². The third-order valence-electron chi connectivity index (χ3n) is 2.57. The molecule has 0 saturated heterocycles. The number of rotatable bonds is 4. The molecule has 0 spiro atoms. The minimum Gasteiger partial charge on any atom is -0.484 e. The minimum atomic E-state index is -0.00495. The Morgan fingerprint density at radius 1 is 1.11 bits per heavy atom. The number of carbonyl (C=O) groups is 1. The molecule has 2 rings (SSSR count). The molecule has 18 heavy (non-hydrogen) atoms. The topological polar surface area (TPSA) is 26.3 Å². The average molecular weight is 352 g/mol. The zero-order valence-corrected chi connectivity index (χ0v) is 12.2. The van der Waals surface area contributed by atoms with E-state index < -0.39 is 0 Å². The summed E-state index contributed by atoms with van der Waals surface area (Å²) in [5.41, 5.74) is 1.83. The van der Waals surface area contributed by atoms with Crippen LogP contribution in [-0.2, 0) is 0 Å². The summed E-state index contributed by atoms with van der Waals surface area (Å²) in [6.45, 7) is 2.07. The fourth-order valence-corrected chi connectivity index (χ4v) is 2.07. The van der Waals surface area contributed by atoms with Crippen molar-refractivity contribution < 1.29 is 9.53 Å². The molecule has 2 nitrogen and oxygen atoms in total. The van der Waals surface area contributed by atoms with Crippen molar-refractivity contribution in [1.82, 2.24) is 0 Å². The van der Waals surface area contributed by atoms with Gasteiger partial charge in [0.15, 0.2) is 12.4 Å². The molecule has 0 aliphatic heterocycles. The van der Waals surface area contributed by atoms with Crippen molar-refractivity contribution in [2.75, 3.05) is 6.61 Å². The first-order chi connectivity index (χ1) is 8.66. The van der Waals surface area contributed by atoms with Crippen LogP contribution >= 0.6 is 22.6 Å². The minimum absolute atomic E-state index is 0.00495. The quantitative estimate of drug-likeness (QED) is 0.617. The van der Waals surface area contributed by atoms with Crippen molar-refractivity contribution in [1.29, 1.82) is 0 Å². The van der Waals surface area contributed by atoms with E-state index in [1.54, 1.807) is 0 Å². The maximum atomic E-state index is 11.9. The molecule has 2 aromatic carbocycles. The van der Waals surface area contributed by atoms with Crippen LogP contribution < -0.4 is 4.74 Å². The zero-order valence-electron chi connectivity index (χ0n) is 10.0. The maximum Gasteiger partial charge on any atom is 0.200 e. The van der Waals surface area contributed by atoms with Crippen LogP contribution in [0, 0.1) is 10.5 Å². The van der Waals surface area contributed by atoms with Gasteiger partial charge in [0.05, 0.1) is 3.57 Å². The van der Waals surface area contributed by atoms with Crippen LogP contribution in [-0.4, -0.2) is 12.4 Å². The number of hydrogen-bond donors (Lipinski definition) is 0. The van der Waals surface area contributed by atoms with Gasteiger partial charge in [0.2, 0.25) is 0 Å². The van der Waals surface area contributed by atoms with E-state index in [1.807, 2.05) is 55.5 Å². The molecule has 0 amide bonds. The van der Waals surface area contributed by atoms with Crippen LogP contribution in [0.5, 0.6) is 5.75 Å². The predicted octanol–water partition coefficient (Wildman–Crippen LogP) is 3.86. The molecule has 0 aliphatic rings. The van der Waals surface area contributed by atoms with Crippen LogP contribution in [0.1, 0.15) is 15.9 Å². The molecule has 0 heterocycles. The Bertz CT molecular complexity index is 547. The molecule has 0 aromatic heterocycles. The molecule has 0 saturated carbocycles. The van der Waals surface area contributed by atoms with Gasteiger partial charge in [-0.2, -0.15) is 0 Å². The van der Waals surface area contributed by atoms with Gasteiger partial charge < -0.3 is 4.74 Å². The second kappa shape index (κ2) is 6.00. The van der Waals surface area contributed by atoms with Crippen LogP contribution in [0.4, 0.5) is 0 Å². The van der Waals surface area contributed by atoms with Gasteiger partial charge in [0.1, 0.15) is 5.75 Å². The van der Waals surface area contributed by atoms with Crippen molar-refractivity contribution in [3.05, 3.63) is 63.2 Å². The molecule has 0 aliphatic carbocycles. The van der Waals surface area contributed by atoms with Gasteiger partial charge in [-0.05, 0) is 41.6 Å². The monoisotopic (exact) mass is 352 g/mol. The van der Waals surface area contributed by atoms with Crippen molar-refractivity contribution in [3.8, 4) is 5.75 Å². The highest BCUT2D eigenvalue weighted by atomic mass is 127. The van der Waals surface area contributed by atoms with Crippen molar-refractivity contribution in [2.24, 2.45) is 0 Å². The summed E-state index contributed by atoms with van der Waals surface area (Å²) in [4.78, 5) is 11.9. The number of ketones is 1. The van der Waals surface area contributed by atoms with E-state index >= 15 is 0 Å². The molecule has 0 N–H and O–H groups in total. The second-order valence-corrected chi connectivity index (χ2v) is 5.17. The third kappa shape index (κ3) is 3.32. The first kappa shape index (κ1) is 13.1. The zero-order chi connectivity index (χ0) is 13.0. The van der Waals surface area contributed by atoms with E-state index in [-0.39, 0.29) is 12.4 Å². The normalized spacial score (nSPS) is 10.1. The molecule has 2 aromatic rings. The standard InChI is InChI=1S/C15H13IO2/c1-11-6-8-12(9-7-11)14(17)10-18-15-5-3-2-4-13(15)16/h2-9H,10H2,1H3. The fourth-order valence-electron chi connectivity index (χ4n) is 1.53. The SMILES string of the molecule is Cc1ccc(C(=O)COc2ccccc2I)cc1. The molecule has 92 valence electrons. The highest BCUT2D eigenvalue weighted by molar-refractivity contribution is 14.1. The van der Waals surface area contributed by atoms with Gasteiger partial charge in [-0.1, -0.05) is 42.0 Å².